The van der Waals surface area contributed by atoms with Gasteiger partial charge in [0.2, 0.25) is 5.91 Å². The summed E-state index contributed by atoms with van der Waals surface area (Å²) in [6, 6.07) is 18.4. The van der Waals surface area contributed by atoms with E-state index in [4.69, 9.17) is 5.26 Å². The molecule has 2 N–H and O–H groups in total. The molecule has 156 valence electrons. The van der Waals surface area contributed by atoms with E-state index in [2.05, 4.69) is 16.4 Å². The van der Waals surface area contributed by atoms with Crippen LogP contribution in [0, 0.1) is 17.2 Å². The van der Waals surface area contributed by atoms with Crippen LogP contribution in [-0.2, 0) is 9.59 Å². The van der Waals surface area contributed by atoms with E-state index in [9.17, 15) is 14.7 Å². The highest BCUT2D eigenvalue weighted by Gasteiger charge is 2.40. The molecule has 0 saturated carbocycles. The number of rotatable bonds is 6. The molecule has 6 nitrogen and oxygen atoms in total. The monoisotopic (exact) mass is 413 g/mol. The number of carboxylic acids is 1. The first-order chi connectivity index (χ1) is 14.9. The van der Waals surface area contributed by atoms with Gasteiger partial charge < -0.3 is 10.4 Å². The third kappa shape index (κ3) is 4.96. The molecule has 0 fully saturated rings. The van der Waals surface area contributed by atoms with Crippen LogP contribution in [0.3, 0.4) is 0 Å². The molecule has 0 aliphatic carbocycles. The SMILES string of the molecule is CC1=NC(C)=C(C(=O)NCC=Cc2ccccc2)C(c2ccc(C#N)cc2)C1C(=O)O. The molecule has 1 aliphatic heterocycles. The number of allylic oxidation sites excluding steroid dienone is 1. The Morgan fingerprint density at radius 1 is 1.13 bits per heavy atom. The topological polar surface area (TPSA) is 103 Å². The van der Waals surface area contributed by atoms with Crippen molar-refractivity contribution in [2.24, 2.45) is 10.9 Å². The molecule has 2 aromatic carbocycles. The summed E-state index contributed by atoms with van der Waals surface area (Å²) in [4.78, 5) is 29.5. The number of nitrogens with one attached hydrogen (secondary N) is 1. The Kier molecular flexibility index (Phi) is 6.78. The highest BCUT2D eigenvalue weighted by Crippen LogP contribution is 2.39. The first-order valence-corrected chi connectivity index (χ1v) is 9.91. The fourth-order valence-electron chi connectivity index (χ4n) is 3.78. The summed E-state index contributed by atoms with van der Waals surface area (Å²) in [6.07, 6.45) is 3.74. The summed E-state index contributed by atoms with van der Waals surface area (Å²) in [6.45, 7) is 3.67. The molecular weight excluding hydrogens is 390 g/mol. The zero-order chi connectivity index (χ0) is 22.4. The van der Waals surface area contributed by atoms with E-state index in [1.54, 1.807) is 38.1 Å². The molecule has 2 atom stereocenters. The number of benzene rings is 2. The minimum absolute atomic E-state index is 0.297. The van der Waals surface area contributed by atoms with Crippen LogP contribution < -0.4 is 5.32 Å². The number of nitriles is 1. The van der Waals surface area contributed by atoms with Crippen LogP contribution in [-0.4, -0.2) is 29.2 Å². The Morgan fingerprint density at radius 2 is 1.81 bits per heavy atom. The number of carbonyl (C=O) groups excluding carboxylic acids is 1. The third-order valence-electron chi connectivity index (χ3n) is 5.23. The maximum absolute atomic E-state index is 13.1. The number of hydrogen-bond donors (Lipinski definition) is 2. The third-order valence-corrected chi connectivity index (χ3v) is 5.23. The molecule has 0 saturated heterocycles. The Bertz CT molecular complexity index is 1110. The van der Waals surface area contributed by atoms with E-state index in [0.29, 0.717) is 34.7 Å². The molecule has 1 heterocycles. The number of carboxylic acid groups (broad SMARTS) is 1. The van der Waals surface area contributed by atoms with Gasteiger partial charge in [0, 0.05) is 29.4 Å². The number of amides is 1. The zero-order valence-corrected chi connectivity index (χ0v) is 17.4. The highest BCUT2D eigenvalue weighted by molar-refractivity contribution is 6.07. The van der Waals surface area contributed by atoms with Crippen molar-refractivity contribution in [1.29, 1.82) is 5.26 Å². The van der Waals surface area contributed by atoms with Gasteiger partial charge in [-0.05, 0) is 37.1 Å². The molecule has 0 bridgehead atoms. The van der Waals surface area contributed by atoms with Crippen molar-refractivity contribution < 1.29 is 14.7 Å². The van der Waals surface area contributed by atoms with Gasteiger partial charge >= 0.3 is 5.97 Å². The lowest BCUT2D eigenvalue weighted by Crippen LogP contribution is -2.38. The highest BCUT2D eigenvalue weighted by atomic mass is 16.4. The van der Waals surface area contributed by atoms with Crippen molar-refractivity contribution in [3.8, 4) is 6.07 Å². The zero-order valence-electron chi connectivity index (χ0n) is 17.4. The van der Waals surface area contributed by atoms with E-state index in [1.165, 1.54) is 0 Å². The fourth-order valence-corrected chi connectivity index (χ4v) is 3.78. The van der Waals surface area contributed by atoms with Gasteiger partial charge in [-0.15, -0.1) is 0 Å². The summed E-state index contributed by atoms with van der Waals surface area (Å²) in [5, 5.41) is 21.8. The van der Waals surface area contributed by atoms with Gasteiger partial charge in [0.25, 0.3) is 0 Å². The molecule has 0 aromatic heterocycles. The average molecular weight is 413 g/mol. The Hall–Kier alpha value is -3.98. The van der Waals surface area contributed by atoms with E-state index >= 15 is 0 Å². The Balaban J connectivity index is 1.88. The molecule has 2 unspecified atom stereocenters. The van der Waals surface area contributed by atoms with E-state index in [0.717, 1.165) is 5.56 Å². The van der Waals surface area contributed by atoms with E-state index < -0.39 is 17.8 Å². The van der Waals surface area contributed by atoms with Crippen LogP contribution in [0.5, 0.6) is 0 Å². The molecule has 1 aliphatic rings. The van der Waals surface area contributed by atoms with Crippen molar-refractivity contribution in [3.63, 3.8) is 0 Å². The summed E-state index contributed by atoms with van der Waals surface area (Å²) >= 11 is 0. The van der Waals surface area contributed by atoms with Crippen molar-refractivity contribution >= 4 is 23.7 Å². The minimum Gasteiger partial charge on any atom is -0.481 e. The van der Waals surface area contributed by atoms with Crippen LogP contribution in [0.1, 0.15) is 36.5 Å². The fraction of sp³-hybridized carbons (Fsp3) is 0.200. The van der Waals surface area contributed by atoms with Gasteiger partial charge in [0.1, 0.15) is 5.92 Å². The summed E-state index contributed by atoms with van der Waals surface area (Å²) in [5.74, 6) is -3.05. The Labute approximate surface area is 181 Å². The second-order valence-electron chi connectivity index (χ2n) is 7.30. The molecule has 3 rings (SSSR count). The maximum atomic E-state index is 13.1. The van der Waals surface area contributed by atoms with E-state index in [1.807, 2.05) is 42.5 Å². The van der Waals surface area contributed by atoms with Crippen molar-refractivity contribution in [3.05, 3.63) is 88.6 Å². The molecule has 1 amide bonds. The number of hydrogen-bond acceptors (Lipinski definition) is 4. The Morgan fingerprint density at radius 3 is 2.42 bits per heavy atom. The normalized spacial score (nSPS) is 18.4. The summed E-state index contributed by atoms with van der Waals surface area (Å²) < 4.78 is 0. The second-order valence-corrected chi connectivity index (χ2v) is 7.30. The molecule has 31 heavy (non-hydrogen) atoms. The number of carbonyl (C=O) groups is 2. The van der Waals surface area contributed by atoms with Gasteiger partial charge in [-0.25, -0.2) is 0 Å². The summed E-state index contributed by atoms with van der Waals surface area (Å²) in [5.41, 5.74) is 3.41. The lowest BCUT2D eigenvalue weighted by atomic mass is 9.75. The van der Waals surface area contributed by atoms with Crippen LogP contribution in [0.25, 0.3) is 6.08 Å². The smallest absolute Gasteiger partial charge is 0.313 e. The quantitative estimate of drug-likeness (QED) is 0.749. The van der Waals surface area contributed by atoms with Crippen molar-refractivity contribution in [2.75, 3.05) is 6.54 Å². The van der Waals surface area contributed by atoms with Gasteiger partial charge in [0.15, 0.2) is 0 Å². The number of aliphatic carboxylic acids is 1. The van der Waals surface area contributed by atoms with Gasteiger partial charge in [0.05, 0.1) is 11.6 Å². The second kappa shape index (κ2) is 9.68. The van der Waals surface area contributed by atoms with Gasteiger partial charge in [-0.1, -0.05) is 54.6 Å². The standard InChI is InChI=1S/C25H23N3O3/c1-16-21(24(29)27-14-6-9-18-7-4-3-5-8-18)23(22(25(30)31)17(2)28-16)20-12-10-19(15-26)11-13-20/h3-13,22-23H,14H2,1-2H3,(H,27,29)(H,30,31). The first kappa shape index (κ1) is 21.7. The average Bonchev–Trinajstić information content (AvgIpc) is 2.76. The number of nitrogens with zero attached hydrogens (tertiary/aromatic N) is 2. The minimum atomic E-state index is -1.04. The lowest BCUT2D eigenvalue weighted by Gasteiger charge is -2.31. The predicted octanol–water partition coefficient (Wildman–Crippen LogP) is 3.92. The van der Waals surface area contributed by atoms with Crippen LogP contribution >= 0.6 is 0 Å². The largest absolute Gasteiger partial charge is 0.481 e. The molecule has 6 heteroatoms. The van der Waals surface area contributed by atoms with Gasteiger partial charge in [-0.3, -0.25) is 14.6 Å². The van der Waals surface area contributed by atoms with Crippen molar-refractivity contribution in [2.45, 2.75) is 19.8 Å². The van der Waals surface area contributed by atoms with E-state index in [-0.39, 0.29) is 5.91 Å². The van der Waals surface area contributed by atoms with Crippen molar-refractivity contribution in [1.82, 2.24) is 5.32 Å². The molecule has 0 radical (unpaired) electrons. The number of aliphatic imine (C=N–C) groups is 1. The van der Waals surface area contributed by atoms with Crippen LogP contribution in [0.15, 0.2) is 76.9 Å². The van der Waals surface area contributed by atoms with Gasteiger partial charge in [-0.2, -0.15) is 5.26 Å². The van der Waals surface area contributed by atoms with Crippen LogP contribution in [0.2, 0.25) is 0 Å². The predicted molar refractivity (Wildman–Crippen MR) is 119 cm³/mol. The molecular formula is C25H23N3O3. The summed E-state index contributed by atoms with van der Waals surface area (Å²) in [7, 11) is 0. The maximum Gasteiger partial charge on any atom is 0.313 e. The molecule has 0 spiro atoms. The first-order valence-electron chi connectivity index (χ1n) is 9.91. The molecule has 2 aromatic rings. The van der Waals surface area contributed by atoms with Crippen LogP contribution in [0.4, 0.5) is 0 Å². The lowest BCUT2D eigenvalue weighted by molar-refractivity contribution is -0.139.